The van der Waals surface area contributed by atoms with Crippen molar-refractivity contribution in [3.8, 4) is 0 Å². The fourth-order valence-electron chi connectivity index (χ4n) is 1.08. The lowest BCUT2D eigenvalue weighted by Crippen LogP contribution is -2.03. The zero-order valence-electron chi connectivity index (χ0n) is 8.84. The summed E-state index contributed by atoms with van der Waals surface area (Å²) in [5, 5.41) is 1.01. The molecule has 0 radical (unpaired) electrons. The number of hydrogen-bond donors (Lipinski definition) is 1. The molecular formula is C11H9Cl3O2S. The minimum absolute atomic E-state index is 0.109. The Morgan fingerprint density at radius 1 is 1.35 bits per heavy atom. The summed E-state index contributed by atoms with van der Waals surface area (Å²) in [7, 11) is 0. The molecule has 17 heavy (non-hydrogen) atoms. The quantitative estimate of drug-likeness (QED) is 0.385. The number of rotatable bonds is 3. The first-order valence-electron chi connectivity index (χ1n) is 4.68. The van der Waals surface area contributed by atoms with Gasteiger partial charge in [-0.15, -0.1) is 12.6 Å². The topological polar surface area (TPSA) is 26.3 Å². The van der Waals surface area contributed by atoms with Crippen molar-refractivity contribution in [2.75, 3.05) is 6.61 Å². The van der Waals surface area contributed by atoms with Crippen LogP contribution in [-0.2, 0) is 9.53 Å². The molecular weight excluding hydrogens is 303 g/mol. The van der Waals surface area contributed by atoms with Gasteiger partial charge in [0.25, 0.3) is 0 Å². The molecule has 0 aliphatic carbocycles. The van der Waals surface area contributed by atoms with Crippen LogP contribution in [0.3, 0.4) is 0 Å². The first-order valence-corrected chi connectivity index (χ1v) is 6.26. The summed E-state index contributed by atoms with van der Waals surface area (Å²) in [6.07, 6.45) is 1.43. The molecule has 0 aliphatic heterocycles. The van der Waals surface area contributed by atoms with Gasteiger partial charge < -0.3 is 4.74 Å². The molecule has 0 spiro atoms. The number of ether oxygens (including phenoxy) is 1. The molecule has 1 aromatic carbocycles. The largest absolute Gasteiger partial charge is 0.462 e. The molecule has 92 valence electrons. The maximum Gasteiger partial charge on any atom is 0.344 e. The summed E-state index contributed by atoms with van der Waals surface area (Å²) in [6.45, 7) is 1.98. The van der Waals surface area contributed by atoms with Crippen molar-refractivity contribution < 1.29 is 9.53 Å². The molecule has 0 aliphatic rings. The summed E-state index contributed by atoms with van der Waals surface area (Å²) >= 11 is 21.8. The van der Waals surface area contributed by atoms with Crippen LogP contribution in [0.2, 0.25) is 15.1 Å². The summed E-state index contributed by atoms with van der Waals surface area (Å²) in [4.78, 5) is 11.5. The van der Waals surface area contributed by atoms with E-state index in [1.807, 2.05) is 0 Å². The second kappa shape index (κ2) is 6.55. The van der Waals surface area contributed by atoms with Crippen LogP contribution in [0, 0.1) is 0 Å². The van der Waals surface area contributed by atoms with Gasteiger partial charge in [0.1, 0.15) is 0 Å². The first-order chi connectivity index (χ1) is 7.97. The Labute approximate surface area is 120 Å². The maximum absolute atomic E-state index is 11.4. The van der Waals surface area contributed by atoms with E-state index in [4.69, 9.17) is 39.5 Å². The Morgan fingerprint density at radius 2 is 1.94 bits per heavy atom. The normalized spacial score (nSPS) is 11.5. The molecule has 2 nitrogen and oxygen atoms in total. The monoisotopic (exact) mass is 310 g/mol. The Balaban J connectivity index is 3.14. The lowest BCUT2D eigenvalue weighted by Gasteiger charge is -2.05. The van der Waals surface area contributed by atoms with Crippen LogP contribution >= 0.6 is 47.4 Å². The van der Waals surface area contributed by atoms with Gasteiger partial charge in [0.2, 0.25) is 0 Å². The third-order valence-corrected chi connectivity index (χ3v) is 3.31. The van der Waals surface area contributed by atoms with Gasteiger partial charge in [-0.2, -0.15) is 0 Å². The van der Waals surface area contributed by atoms with E-state index in [1.165, 1.54) is 6.08 Å². The van der Waals surface area contributed by atoms with Gasteiger partial charge in [-0.05, 0) is 25.1 Å². The fourth-order valence-corrected chi connectivity index (χ4v) is 1.91. The summed E-state index contributed by atoms with van der Waals surface area (Å²) < 4.78 is 4.78. The summed E-state index contributed by atoms with van der Waals surface area (Å²) in [6, 6.07) is 3.17. The van der Waals surface area contributed by atoms with Crippen LogP contribution in [0.1, 0.15) is 12.5 Å². The van der Waals surface area contributed by atoms with Crippen molar-refractivity contribution in [1.82, 2.24) is 0 Å². The molecule has 0 amide bonds. The zero-order valence-corrected chi connectivity index (χ0v) is 12.0. The van der Waals surface area contributed by atoms with E-state index in [2.05, 4.69) is 12.6 Å². The van der Waals surface area contributed by atoms with E-state index in [0.29, 0.717) is 15.6 Å². The number of esters is 1. The Morgan fingerprint density at radius 3 is 2.53 bits per heavy atom. The van der Waals surface area contributed by atoms with Crippen molar-refractivity contribution >= 4 is 59.5 Å². The Kier molecular flexibility index (Phi) is 5.67. The van der Waals surface area contributed by atoms with E-state index < -0.39 is 5.97 Å². The molecule has 0 aromatic heterocycles. The predicted octanol–water partition coefficient (Wildman–Crippen LogP) is 4.48. The minimum Gasteiger partial charge on any atom is -0.462 e. The molecule has 0 atom stereocenters. The first kappa shape index (κ1) is 14.7. The van der Waals surface area contributed by atoms with Crippen LogP contribution in [0.15, 0.2) is 17.0 Å². The molecule has 6 heteroatoms. The smallest absolute Gasteiger partial charge is 0.344 e. The number of hydrogen-bond acceptors (Lipinski definition) is 3. The van der Waals surface area contributed by atoms with Gasteiger partial charge in [-0.1, -0.05) is 34.8 Å². The van der Waals surface area contributed by atoms with Crippen LogP contribution in [0.25, 0.3) is 6.08 Å². The minimum atomic E-state index is -0.539. The van der Waals surface area contributed by atoms with Crippen LogP contribution < -0.4 is 0 Å². The lowest BCUT2D eigenvalue weighted by molar-refractivity contribution is -0.137. The molecule has 0 saturated carbocycles. The van der Waals surface area contributed by atoms with Crippen LogP contribution in [-0.4, -0.2) is 12.6 Å². The summed E-state index contributed by atoms with van der Waals surface area (Å²) in [5.41, 5.74) is 0.443. The highest BCUT2D eigenvalue weighted by Gasteiger charge is 2.11. The van der Waals surface area contributed by atoms with E-state index >= 15 is 0 Å². The second-order valence-electron chi connectivity index (χ2n) is 3.01. The molecule has 0 heterocycles. The van der Waals surface area contributed by atoms with E-state index in [0.717, 1.165) is 0 Å². The van der Waals surface area contributed by atoms with E-state index in [9.17, 15) is 4.79 Å². The molecule has 0 bridgehead atoms. The van der Waals surface area contributed by atoms with Crippen LogP contribution in [0.4, 0.5) is 0 Å². The third kappa shape index (κ3) is 3.81. The van der Waals surface area contributed by atoms with Gasteiger partial charge >= 0.3 is 5.97 Å². The second-order valence-corrected chi connectivity index (χ2v) is 4.68. The number of carbonyl (C=O) groups excluding carboxylic acids is 1. The van der Waals surface area contributed by atoms with E-state index in [-0.39, 0.29) is 16.5 Å². The molecule has 0 saturated heterocycles. The Hall–Kier alpha value is -0.350. The van der Waals surface area contributed by atoms with Gasteiger partial charge in [0.15, 0.2) is 0 Å². The Bertz CT molecular complexity index is 472. The molecule has 1 aromatic rings. The van der Waals surface area contributed by atoms with Crippen molar-refractivity contribution in [2.24, 2.45) is 0 Å². The summed E-state index contributed by atoms with van der Waals surface area (Å²) in [5.74, 6) is -0.539. The highest BCUT2D eigenvalue weighted by molar-refractivity contribution is 7.85. The average Bonchev–Trinajstić information content (AvgIpc) is 2.29. The fraction of sp³-hybridized carbons (Fsp3) is 0.182. The van der Waals surface area contributed by atoms with Gasteiger partial charge in [-0.25, -0.2) is 4.79 Å². The molecule has 0 N–H and O–H groups in total. The lowest BCUT2D eigenvalue weighted by atomic mass is 10.2. The number of halogens is 3. The molecule has 0 fully saturated rings. The predicted molar refractivity (Wildman–Crippen MR) is 75.1 cm³/mol. The van der Waals surface area contributed by atoms with E-state index in [1.54, 1.807) is 19.1 Å². The number of thiol groups is 1. The van der Waals surface area contributed by atoms with Gasteiger partial charge in [-0.3, -0.25) is 0 Å². The number of carbonyl (C=O) groups is 1. The van der Waals surface area contributed by atoms with Crippen LogP contribution in [0.5, 0.6) is 0 Å². The number of benzene rings is 1. The van der Waals surface area contributed by atoms with Gasteiger partial charge in [0, 0.05) is 10.6 Å². The standard InChI is InChI=1S/C11H9Cl3O2S/c1-2-16-11(15)9(17)5-6-7(12)3-4-8(13)10(6)14/h3-5,17H,2H2,1H3/b9-5-. The highest BCUT2D eigenvalue weighted by atomic mass is 35.5. The molecule has 0 unspecified atom stereocenters. The highest BCUT2D eigenvalue weighted by Crippen LogP contribution is 2.33. The SMILES string of the molecule is CCOC(=O)/C(S)=C/c1c(Cl)ccc(Cl)c1Cl. The maximum atomic E-state index is 11.4. The zero-order chi connectivity index (χ0) is 13.0. The van der Waals surface area contributed by atoms with Crippen molar-refractivity contribution in [3.63, 3.8) is 0 Å². The van der Waals surface area contributed by atoms with Crippen molar-refractivity contribution in [2.45, 2.75) is 6.92 Å². The molecule has 1 rings (SSSR count). The van der Waals surface area contributed by atoms with Crippen molar-refractivity contribution in [3.05, 3.63) is 37.7 Å². The third-order valence-electron chi connectivity index (χ3n) is 1.85. The van der Waals surface area contributed by atoms with Crippen molar-refractivity contribution in [1.29, 1.82) is 0 Å². The average molecular weight is 312 g/mol. The van der Waals surface area contributed by atoms with Gasteiger partial charge in [0.05, 0.1) is 21.6 Å².